The highest BCUT2D eigenvalue weighted by Crippen LogP contribution is 2.37. The summed E-state index contributed by atoms with van der Waals surface area (Å²) < 4.78 is 0. The third kappa shape index (κ3) is 3.96. The number of nitrogens with two attached hydrogens (primary N) is 1. The minimum Gasteiger partial charge on any atom is -0.329 e. The van der Waals surface area contributed by atoms with E-state index in [4.69, 9.17) is 5.73 Å². The quantitative estimate of drug-likeness (QED) is 0.751. The first-order valence-electron chi connectivity index (χ1n) is 7.99. The van der Waals surface area contributed by atoms with Crippen molar-refractivity contribution >= 4 is 0 Å². The van der Waals surface area contributed by atoms with Crippen molar-refractivity contribution in [2.24, 2.45) is 17.6 Å². The molecule has 1 atom stereocenters. The minimum absolute atomic E-state index is 0.299. The number of likely N-dealkylation sites (N-methyl/N-ethyl adjacent to an activating group) is 1. The second-order valence-electron chi connectivity index (χ2n) is 6.55. The Morgan fingerprint density at radius 1 is 1.28 bits per heavy atom. The van der Waals surface area contributed by atoms with E-state index in [9.17, 15) is 0 Å². The van der Waals surface area contributed by atoms with Crippen LogP contribution < -0.4 is 5.73 Å². The predicted molar refractivity (Wildman–Crippen MR) is 80.7 cm³/mol. The molecule has 2 heteroatoms. The van der Waals surface area contributed by atoms with E-state index in [1.807, 2.05) is 0 Å². The summed E-state index contributed by atoms with van der Waals surface area (Å²) in [4.78, 5) is 2.57. The van der Waals surface area contributed by atoms with Gasteiger partial charge in [-0.05, 0) is 44.6 Å². The van der Waals surface area contributed by atoms with Gasteiger partial charge in [0.15, 0.2) is 0 Å². The SMILES string of the molecule is CCCC1CCC(CN)(N(C)CC(C)CC)CC1. The Morgan fingerprint density at radius 3 is 2.33 bits per heavy atom. The zero-order valence-electron chi connectivity index (χ0n) is 13.0. The van der Waals surface area contributed by atoms with Crippen LogP contribution in [0.5, 0.6) is 0 Å². The molecule has 1 unspecified atom stereocenters. The van der Waals surface area contributed by atoms with Gasteiger partial charge in [0, 0.05) is 18.6 Å². The van der Waals surface area contributed by atoms with Crippen molar-refractivity contribution in [2.75, 3.05) is 20.1 Å². The zero-order valence-corrected chi connectivity index (χ0v) is 13.0. The number of rotatable bonds is 7. The zero-order chi connectivity index (χ0) is 13.6. The highest BCUT2D eigenvalue weighted by atomic mass is 15.2. The van der Waals surface area contributed by atoms with E-state index in [1.54, 1.807) is 0 Å². The van der Waals surface area contributed by atoms with E-state index < -0.39 is 0 Å². The minimum atomic E-state index is 0.299. The summed E-state index contributed by atoms with van der Waals surface area (Å²) >= 11 is 0. The molecule has 18 heavy (non-hydrogen) atoms. The molecule has 0 saturated heterocycles. The first kappa shape index (κ1) is 16.0. The van der Waals surface area contributed by atoms with Gasteiger partial charge in [0.25, 0.3) is 0 Å². The molecule has 0 amide bonds. The van der Waals surface area contributed by atoms with Crippen molar-refractivity contribution in [3.63, 3.8) is 0 Å². The monoisotopic (exact) mass is 254 g/mol. The molecule has 0 aromatic rings. The molecule has 1 rings (SSSR count). The summed E-state index contributed by atoms with van der Waals surface area (Å²) in [5.74, 6) is 1.75. The highest BCUT2D eigenvalue weighted by molar-refractivity contribution is 4.95. The first-order valence-corrected chi connectivity index (χ1v) is 7.99. The fourth-order valence-electron chi connectivity index (χ4n) is 3.44. The summed E-state index contributed by atoms with van der Waals surface area (Å²) in [5, 5.41) is 0. The molecule has 0 heterocycles. The number of hydrogen-bond acceptors (Lipinski definition) is 2. The van der Waals surface area contributed by atoms with Gasteiger partial charge in [-0.1, -0.05) is 40.0 Å². The van der Waals surface area contributed by atoms with Crippen molar-refractivity contribution in [2.45, 2.75) is 71.3 Å². The van der Waals surface area contributed by atoms with Gasteiger partial charge >= 0.3 is 0 Å². The smallest absolute Gasteiger partial charge is 0.0329 e. The van der Waals surface area contributed by atoms with E-state index >= 15 is 0 Å². The lowest BCUT2D eigenvalue weighted by Crippen LogP contribution is -2.55. The largest absolute Gasteiger partial charge is 0.329 e. The third-order valence-corrected chi connectivity index (χ3v) is 5.20. The Bertz CT molecular complexity index is 219. The van der Waals surface area contributed by atoms with Crippen molar-refractivity contribution in [3.05, 3.63) is 0 Å². The van der Waals surface area contributed by atoms with E-state index in [0.29, 0.717) is 5.54 Å². The summed E-state index contributed by atoms with van der Waals surface area (Å²) in [6, 6.07) is 0. The molecule has 0 bridgehead atoms. The van der Waals surface area contributed by atoms with Gasteiger partial charge < -0.3 is 5.73 Å². The second kappa shape index (κ2) is 7.49. The van der Waals surface area contributed by atoms with Crippen LogP contribution >= 0.6 is 0 Å². The average Bonchev–Trinajstić information content (AvgIpc) is 2.40. The van der Waals surface area contributed by atoms with Crippen LogP contribution in [0.3, 0.4) is 0 Å². The van der Waals surface area contributed by atoms with Crippen molar-refractivity contribution in [1.82, 2.24) is 4.90 Å². The Kier molecular flexibility index (Phi) is 6.65. The lowest BCUT2D eigenvalue weighted by atomic mass is 9.74. The predicted octanol–water partition coefficient (Wildman–Crippen LogP) is 3.65. The maximum absolute atomic E-state index is 6.13. The van der Waals surface area contributed by atoms with Gasteiger partial charge in [-0.2, -0.15) is 0 Å². The van der Waals surface area contributed by atoms with Gasteiger partial charge in [-0.3, -0.25) is 4.90 Å². The molecule has 1 aliphatic carbocycles. The molecule has 2 nitrogen and oxygen atoms in total. The molecule has 0 radical (unpaired) electrons. The van der Waals surface area contributed by atoms with Gasteiger partial charge in [0.1, 0.15) is 0 Å². The van der Waals surface area contributed by atoms with E-state index in [0.717, 1.165) is 18.4 Å². The van der Waals surface area contributed by atoms with Crippen LogP contribution in [0.15, 0.2) is 0 Å². The van der Waals surface area contributed by atoms with Crippen LogP contribution in [0.4, 0.5) is 0 Å². The molecular formula is C16H34N2. The van der Waals surface area contributed by atoms with Crippen molar-refractivity contribution < 1.29 is 0 Å². The van der Waals surface area contributed by atoms with Crippen LogP contribution in [-0.4, -0.2) is 30.6 Å². The maximum atomic E-state index is 6.13. The fourth-order valence-corrected chi connectivity index (χ4v) is 3.44. The molecule has 0 aliphatic heterocycles. The van der Waals surface area contributed by atoms with Crippen LogP contribution in [0, 0.1) is 11.8 Å². The van der Waals surface area contributed by atoms with Gasteiger partial charge in [-0.15, -0.1) is 0 Å². The highest BCUT2D eigenvalue weighted by Gasteiger charge is 2.37. The van der Waals surface area contributed by atoms with Crippen LogP contribution in [0.25, 0.3) is 0 Å². The average molecular weight is 254 g/mol. The summed E-state index contributed by atoms with van der Waals surface area (Å²) in [6.07, 6.45) is 9.40. The molecule has 108 valence electrons. The Hall–Kier alpha value is -0.0800. The topological polar surface area (TPSA) is 29.3 Å². The third-order valence-electron chi connectivity index (χ3n) is 5.20. The fraction of sp³-hybridized carbons (Fsp3) is 1.00. The van der Waals surface area contributed by atoms with Gasteiger partial charge in [-0.25, -0.2) is 0 Å². The van der Waals surface area contributed by atoms with Crippen LogP contribution in [0.1, 0.15) is 65.7 Å². The standard InChI is InChI=1S/C16H34N2/c1-5-7-15-8-10-16(13-17,11-9-15)18(4)12-14(3)6-2/h14-15H,5-13,17H2,1-4H3. The van der Waals surface area contributed by atoms with Crippen molar-refractivity contribution in [3.8, 4) is 0 Å². The van der Waals surface area contributed by atoms with Crippen LogP contribution in [0.2, 0.25) is 0 Å². The van der Waals surface area contributed by atoms with E-state index in [-0.39, 0.29) is 0 Å². The Morgan fingerprint density at radius 2 is 1.89 bits per heavy atom. The molecule has 2 N–H and O–H groups in total. The Balaban J connectivity index is 2.54. The van der Waals surface area contributed by atoms with E-state index in [1.165, 1.54) is 51.5 Å². The molecular weight excluding hydrogens is 220 g/mol. The van der Waals surface area contributed by atoms with Gasteiger partial charge in [0.2, 0.25) is 0 Å². The molecule has 1 fully saturated rings. The Labute approximate surface area is 114 Å². The molecule has 0 aromatic carbocycles. The summed E-state index contributed by atoms with van der Waals surface area (Å²) in [5.41, 5.74) is 6.43. The summed E-state index contributed by atoms with van der Waals surface area (Å²) in [6.45, 7) is 8.97. The normalized spacial score (nSPS) is 30.7. The molecule has 1 saturated carbocycles. The maximum Gasteiger partial charge on any atom is 0.0329 e. The first-order chi connectivity index (χ1) is 8.57. The lowest BCUT2D eigenvalue weighted by Gasteiger charge is -2.47. The van der Waals surface area contributed by atoms with Crippen LogP contribution in [-0.2, 0) is 0 Å². The summed E-state index contributed by atoms with van der Waals surface area (Å²) in [7, 11) is 2.29. The lowest BCUT2D eigenvalue weighted by molar-refractivity contribution is 0.0519. The molecule has 1 aliphatic rings. The number of hydrogen-bond donors (Lipinski definition) is 1. The van der Waals surface area contributed by atoms with Gasteiger partial charge in [0.05, 0.1) is 0 Å². The van der Waals surface area contributed by atoms with Crippen molar-refractivity contribution in [1.29, 1.82) is 0 Å². The second-order valence-corrected chi connectivity index (χ2v) is 6.55. The molecule has 0 spiro atoms. The van der Waals surface area contributed by atoms with E-state index in [2.05, 4.69) is 32.7 Å². The molecule has 0 aromatic heterocycles. The number of nitrogens with zero attached hydrogens (tertiary/aromatic N) is 1.